The first kappa shape index (κ1) is 26.6. The number of anilines is 1. The molecule has 0 radical (unpaired) electrons. The molecule has 0 unspecified atom stereocenters. The molecule has 37 heavy (non-hydrogen) atoms. The monoisotopic (exact) mass is 515 g/mol. The highest BCUT2D eigenvalue weighted by Crippen LogP contribution is 2.50. The van der Waals surface area contributed by atoms with Gasteiger partial charge in [0.05, 0.1) is 29.6 Å². The second kappa shape index (κ2) is 12.2. The lowest BCUT2D eigenvalue weighted by molar-refractivity contribution is -0.671. The molecule has 1 aliphatic rings. The Hall–Kier alpha value is -3.51. The fourth-order valence-electron chi connectivity index (χ4n) is 4.56. The van der Waals surface area contributed by atoms with E-state index in [2.05, 4.69) is 91.1 Å². The maximum Gasteiger partial charge on any atom is 0.303 e. The normalized spacial score (nSPS) is 14.6. The van der Waals surface area contributed by atoms with E-state index >= 15 is 0 Å². The van der Waals surface area contributed by atoms with Gasteiger partial charge in [-0.25, -0.2) is 0 Å². The van der Waals surface area contributed by atoms with Crippen LogP contribution in [0.1, 0.15) is 44.2 Å². The molecular weight excluding hydrogens is 480 g/mol. The summed E-state index contributed by atoms with van der Waals surface area (Å²) in [5.74, 6) is 0.156. The molecule has 1 N–H and O–H groups in total. The average molecular weight is 516 g/mol. The molecule has 5 nitrogen and oxygen atoms in total. The Morgan fingerprint density at radius 2 is 2.05 bits per heavy atom. The number of rotatable bonds is 10. The topological polar surface area (TPSA) is 53.7 Å². The van der Waals surface area contributed by atoms with Crippen LogP contribution in [0.15, 0.2) is 82.4 Å². The number of aliphatic carboxylic acids is 1. The maximum atomic E-state index is 10.9. The van der Waals surface area contributed by atoms with Gasteiger partial charge in [0.1, 0.15) is 12.3 Å². The summed E-state index contributed by atoms with van der Waals surface area (Å²) >= 11 is 1.78. The van der Waals surface area contributed by atoms with Crippen molar-refractivity contribution in [3.8, 4) is 5.75 Å². The predicted octanol–water partition coefficient (Wildman–Crippen LogP) is 7.13. The Balaban J connectivity index is 1.58. The third kappa shape index (κ3) is 6.25. The van der Waals surface area contributed by atoms with Gasteiger partial charge in [-0.15, -0.1) is 0 Å². The fraction of sp³-hybridized carbons (Fsp3) is 0.290. The van der Waals surface area contributed by atoms with Gasteiger partial charge in [0, 0.05) is 30.0 Å². The lowest BCUT2D eigenvalue weighted by Gasteiger charge is -2.21. The molecule has 2 heterocycles. The molecule has 3 aromatic rings. The molecular formula is C31H35N2O3S+. The van der Waals surface area contributed by atoms with Crippen LogP contribution in [0, 0.1) is 6.92 Å². The minimum Gasteiger partial charge on any atom is -0.495 e. The van der Waals surface area contributed by atoms with Crippen LogP contribution in [0.4, 0.5) is 5.69 Å². The van der Waals surface area contributed by atoms with E-state index in [1.165, 1.54) is 20.9 Å². The van der Waals surface area contributed by atoms with Crippen molar-refractivity contribution < 1.29 is 19.2 Å². The average Bonchev–Trinajstić information content (AvgIpc) is 3.24. The van der Waals surface area contributed by atoms with Crippen LogP contribution in [0.3, 0.4) is 0 Å². The first-order chi connectivity index (χ1) is 17.9. The van der Waals surface area contributed by atoms with E-state index in [0.29, 0.717) is 13.0 Å². The first-order valence-electron chi connectivity index (χ1n) is 12.7. The summed E-state index contributed by atoms with van der Waals surface area (Å²) in [6.45, 7) is 8.04. The second-order valence-corrected chi connectivity index (χ2v) is 10.4. The number of nitrogens with zero attached hydrogens (tertiary/aromatic N) is 2. The Labute approximate surface area is 223 Å². The highest BCUT2D eigenvalue weighted by molar-refractivity contribution is 8.03. The van der Waals surface area contributed by atoms with Crippen molar-refractivity contribution >= 4 is 40.4 Å². The van der Waals surface area contributed by atoms with Crippen molar-refractivity contribution in [2.24, 2.45) is 0 Å². The number of pyridine rings is 1. The summed E-state index contributed by atoms with van der Waals surface area (Å²) in [5.41, 5.74) is 5.78. The summed E-state index contributed by atoms with van der Waals surface area (Å²) < 4.78 is 7.79. The quantitative estimate of drug-likeness (QED) is 0.230. The van der Waals surface area contributed by atoms with E-state index in [1.54, 1.807) is 18.9 Å². The Bertz CT molecular complexity index is 1390. The van der Waals surface area contributed by atoms with Gasteiger partial charge < -0.3 is 14.7 Å². The van der Waals surface area contributed by atoms with Crippen molar-refractivity contribution in [1.29, 1.82) is 0 Å². The third-order valence-corrected chi connectivity index (χ3v) is 7.51. The van der Waals surface area contributed by atoms with Gasteiger partial charge in [-0.2, -0.15) is 4.57 Å². The second-order valence-electron chi connectivity index (χ2n) is 9.29. The molecule has 192 valence electrons. The summed E-state index contributed by atoms with van der Waals surface area (Å²) in [5, 5.41) is 11.4. The van der Waals surface area contributed by atoms with E-state index in [-0.39, 0.29) is 6.42 Å². The van der Waals surface area contributed by atoms with E-state index in [1.807, 2.05) is 12.1 Å². The van der Waals surface area contributed by atoms with Crippen LogP contribution in [0.25, 0.3) is 17.0 Å². The number of para-hydroxylation sites is 1. The van der Waals surface area contributed by atoms with Crippen molar-refractivity contribution in [3.63, 3.8) is 0 Å². The number of carboxylic acid groups (broad SMARTS) is 1. The number of aromatic nitrogens is 1. The number of allylic oxidation sites excluding steroid dienone is 4. The van der Waals surface area contributed by atoms with Gasteiger partial charge in [0.15, 0.2) is 6.20 Å². The molecule has 1 aliphatic heterocycles. The Morgan fingerprint density at radius 3 is 2.81 bits per heavy atom. The first-order valence-corrected chi connectivity index (χ1v) is 13.6. The molecule has 0 saturated carbocycles. The lowest BCUT2D eigenvalue weighted by atomic mass is 10.0. The molecule has 6 heteroatoms. The highest BCUT2D eigenvalue weighted by Gasteiger charge is 2.27. The maximum absolute atomic E-state index is 10.9. The van der Waals surface area contributed by atoms with Crippen LogP contribution in [-0.4, -0.2) is 24.7 Å². The van der Waals surface area contributed by atoms with Crippen molar-refractivity contribution in [2.75, 3.05) is 18.6 Å². The van der Waals surface area contributed by atoms with Crippen molar-refractivity contribution in [1.82, 2.24) is 0 Å². The number of hydrogen-bond donors (Lipinski definition) is 1. The number of fused-ring (bicyclic) bond motifs is 2. The zero-order chi connectivity index (χ0) is 26.4. The zero-order valence-electron chi connectivity index (χ0n) is 22.0. The molecule has 0 bridgehead atoms. The number of benzene rings is 2. The molecule has 0 saturated heterocycles. The Kier molecular flexibility index (Phi) is 8.72. The molecule has 2 aromatic carbocycles. The van der Waals surface area contributed by atoms with Crippen LogP contribution >= 0.6 is 11.8 Å². The molecule has 0 atom stereocenters. The fourth-order valence-corrected chi connectivity index (χ4v) is 5.66. The van der Waals surface area contributed by atoms with Gasteiger partial charge >= 0.3 is 5.97 Å². The molecule has 0 amide bonds. The number of methoxy groups -OCH3 is 1. The highest BCUT2D eigenvalue weighted by atomic mass is 32.2. The van der Waals surface area contributed by atoms with Crippen LogP contribution in [-0.2, 0) is 11.3 Å². The number of ether oxygens (including phenoxy) is 1. The van der Waals surface area contributed by atoms with Crippen molar-refractivity contribution in [3.05, 3.63) is 88.6 Å². The predicted molar refractivity (Wildman–Crippen MR) is 153 cm³/mol. The van der Waals surface area contributed by atoms with E-state index in [9.17, 15) is 4.79 Å². The SMILES string of the molecule is CCCN1/C(=C/C=C(C)/C=C/c2cc[n+](CCCC(=O)O)c3ccc(C)cc23)Sc2cccc(OC)c21. The molecule has 0 spiro atoms. The van der Waals surface area contributed by atoms with Crippen LogP contribution in [0.2, 0.25) is 0 Å². The van der Waals surface area contributed by atoms with E-state index in [4.69, 9.17) is 9.84 Å². The number of hydrogen-bond acceptors (Lipinski definition) is 4. The number of aryl methyl sites for hydroxylation is 2. The summed E-state index contributed by atoms with van der Waals surface area (Å²) in [7, 11) is 1.73. The zero-order valence-corrected chi connectivity index (χ0v) is 22.8. The number of thioether (sulfide) groups is 1. The standard InChI is InChI=1S/C31H34N2O3S/c1-5-18-33-29(37-28-9-6-8-27(36-4)31(28)33)16-13-22(2)11-14-24-17-20-32(19-7-10-30(34)35)26-15-12-23(3)21-25(24)26/h6,8-9,11-17,20-21H,5,7,10,18-19H2,1-4H3/p+1. The summed E-state index contributed by atoms with van der Waals surface area (Å²) in [4.78, 5) is 14.5. The number of carboxylic acids is 1. The Morgan fingerprint density at radius 1 is 1.22 bits per heavy atom. The number of carbonyl (C=O) groups is 1. The minimum absolute atomic E-state index is 0.174. The van der Waals surface area contributed by atoms with E-state index < -0.39 is 5.97 Å². The van der Waals surface area contributed by atoms with Gasteiger partial charge in [-0.05, 0) is 50.1 Å². The molecule has 1 aromatic heterocycles. The van der Waals surface area contributed by atoms with Gasteiger partial charge in [-0.1, -0.05) is 60.2 Å². The van der Waals surface area contributed by atoms with Crippen LogP contribution in [0.5, 0.6) is 5.75 Å². The largest absolute Gasteiger partial charge is 0.495 e. The van der Waals surface area contributed by atoms with Gasteiger partial charge in [-0.3, -0.25) is 4.79 Å². The summed E-state index contributed by atoms with van der Waals surface area (Å²) in [6, 6.07) is 14.8. The molecule has 0 aliphatic carbocycles. The molecule has 0 fully saturated rings. The lowest BCUT2D eigenvalue weighted by Crippen LogP contribution is -2.34. The third-order valence-electron chi connectivity index (χ3n) is 6.39. The minimum atomic E-state index is -0.755. The van der Waals surface area contributed by atoms with Gasteiger partial charge in [0.2, 0.25) is 5.52 Å². The molecule has 4 rings (SSSR count). The van der Waals surface area contributed by atoms with Gasteiger partial charge in [0.25, 0.3) is 0 Å². The smallest absolute Gasteiger partial charge is 0.303 e. The van der Waals surface area contributed by atoms with Crippen molar-refractivity contribution in [2.45, 2.75) is 51.5 Å². The van der Waals surface area contributed by atoms with E-state index in [0.717, 1.165) is 41.1 Å². The summed E-state index contributed by atoms with van der Waals surface area (Å²) in [6.07, 6.45) is 12.6. The van der Waals surface area contributed by atoms with Crippen LogP contribution < -0.4 is 14.2 Å².